The van der Waals surface area contributed by atoms with Crippen LogP contribution in [-0.2, 0) is 11.3 Å². The van der Waals surface area contributed by atoms with Crippen LogP contribution in [0.4, 0.5) is 0 Å². The first-order chi connectivity index (χ1) is 13.1. The first-order valence-electron chi connectivity index (χ1n) is 9.89. The Labute approximate surface area is 187 Å². The maximum atomic E-state index is 13.0. The average molecular weight is 438 g/mol. The smallest absolute Gasteiger partial charge is 0.227 e. The van der Waals surface area contributed by atoms with Crippen molar-refractivity contribution in [1.82, 2.24) is 9.80 Å². The first kappa shape index (κ1) is 25.4. The van der Waals surface area contributed by atoms with E-state index in [4.69, 9.17) is 5.73 Å². The molecule has 1 aliphatic heterocycles. The molecule has 0 spiro atoms. The molecule has 0 saturated carbocycles. The quantitative estimate of drug-likeness (QED) is 0.732. The normalized spacial score (nSPS) is 16.8. The lowest BCUT2D eigenvalue weighted by Crippen LogP contribution is -2.48. The van der Waals surface area contributed by atoms with Crippen LogP contribution in [-0.4, -0.2) is 41.9 Å². The van der Waals surface area contributed by atoms with Gasteiger partial charge in [0.05, 0.1) is 5.92 Å². The molecule has 2 aromatic rings. The zero-order valence-electron chi connectivity index (χ0n) is 17.2. The molecule has 0 bridgehead atoms. The minimum Gasteiger partial charge on any atom is -0.342 e. The van der Waals surface area contributed by atoms with Crippen molar-refractivity contribution >= 4 is 30.7 Å². The lowest BCUT2D eigenvalue weighted by Gasteiger charge is -2.38. The Morgan fingerprint density at radius 2 is 1.55 bits per heavy atom. The molecular weight excluding hydrogens is 405 g/mol. The lowest BCUT2D eigenvalue weighted by atomic mass is 9.93. The molecule has 0 aliphatic carbocycles. The van der Waals surface area contributed by atoms with Gasteiger partial charge < -0.3 is 10.6 Å². The molecule has 1 amide bonds. The fraction of sp³-hybridized carbons (Fsp3) is 0.435. The van der Waals surface area contributed by atoms with Gasteiger partial charge >= 0.3 is 0 Å². The van der Waals surface area contributed by atoms with Crippen molar-refractivity contribution in [3.05, 3.63) is 71.8 Å². The summed E-state index contributed by atoms with van der Waals surface area (Å²) in [4.78, 5) is 17.4. The number of nitrogens with zero attached hydrogens (tertiary/aromatic N) is 2. The molecule has 0 radical (unpaired) electrons. The molecule has 3 rings (SSSR count). The fourth-order valence-electron chi connectivity index (χ4n) is 3.93. The van der Waals surface area contributed by atoms with E-state index < -0.39 is 0 Å². The number of amides is 1. The highest BCUT2D eigenvalue weighted by Gasteiger charge is 2.30. The molecule has 2 unspecified atom stereocenters. The number of nitrogens with two attached hydrogens (primary N) is 1. The van der Waals surface area contributed by atoms with E-state index >= 15 is 0 Å². The number of likely N-dealkylation sites (tertiary alicyclic amines) is 1. The zero-order chi connectivity index (χ0) is 19.2. The summed E-state index contributed by atoms with van der Waals surface area (Å²) in [7, 11) is 1.94. The second kappa shape index (κ2) is 12.2. The number of benzene rings is 2. The highest BCUT2D eigenvalue weighted by atomic mass is 35.5. The summed E-state index contributed by atoms with van der Waals surface area (Å²) >= 11 is 0. The van der Waals surface area contributed by atoms with Gasteiger partial charge in [0, 0.05) is 38.8 Å². The maximum absolute atomic E-state index is 13.0. The topological polar surface area (TPSA) is 49.6 Å². The van der Waals surface area contributed by atoms with Crippen molar-refractivity contribution in [2.75, 3.05) is 20.1 Å². The van der Waals surface area contributed by atoms with Gasteiger partial charge in [-0.05, 0) is 24.0 Å². The summed E-state index contributed by atoms with van der Waals surface area (Å²) in [6.45, 7) is 4.98. The summed E-state index contributed by atoms with van der Waals surface area (Å²) in [5, 5.41) is 0. The number of rotatable bonds is 6. The Balaban J connectivity index is 0.00000210. The predicted octanol–water partition coefficient (Wildman–Crippen LogP) is 4.29. The van der Waals surface area contributed by atoms with Crippen molar-refractivity contribution in [1.29, 1.82) is 0 Å². The molecule has 29 heavy (non-hydrogen) atoms. The third-order valence-corrected chi connectivity index (χ3v) is 5.81. The largest absolute Gasteiger partial charge is 0.342 e. The van der Waals surface area contributed by atoms with Crippen LogP contribution in [0.1, 0.15) is 36.9 Å². The molecule has 0 aromatic heterocycles. The van der Waals surface area contributed by atoms with Gasteiger partial charge in [0.1, 0.15) is 0 Å². The summed E-state index contributed by atoms with van der Waals surface area (Å²) in [5.74, 6) is -0.0763. The van der Waals surface area contributed by atoms with Crippen molar-refractivity contribution < 1.29 is 4.79 Å². The van der Waals surface area contributed by atoms with Crippen molar-refractivity contribution in [2.24, 2.45) is 11.7 Å². The average Bonchev–Trinajstić information content (AvgIpc) is 2.73. The number of carbonyl (C=O) groups is 1. The summed E-state index contributed by atoms with van der Waals surface area (Å²) in [6, 6.07) is 20.5. The molecule has 2 aromatic carbocycles. The van der Waals surface area contributed by atoms with Crippen LogP contribution >= 0.6 is 24.8 Å². The molecule has 2 atom stereocenters. The van der Waals surface area contributed by atoms with Crippen molar-refractivity contribution in [3.8, 4) is 0 Å². The minimum absolute atomic E-state index is 0. The van der Waals surface area contributed by atoms with E-state index in [2.05, 4.69) is 35.2 Å². The van der Waals surface area contributed by atoms with Gasteiger partial charge in [-0.25, -0.2) is 0 Å². The second-order valence-corrected chi connectivity index (χ2v) is 7.67. The van der Waals surface area contributed by atoms with E-state index in [1.807, 2.05) is 49.2 Å². The molecule has 4 nitrogen and oxygen atoms in total. The van der Waals surface area contributed by atoms with Crippen LogP contribution in [0, 0.1) is 5.92 Å². The van der Waals surface area contributed by atoms with Crippen LogP contribution in [0.5, 0.6) is 0 Å². The van der Waals surface area contributed by atoms with Gasteiger partial charge in [0.2, 0.25) is 5.91 Å². The van der Waals surface area contributed by atoms with E-state index in [0.29, 0.717) is 6.04 Å². The number of piperidine rings is 1. The van der Waals surface area contributed by atoms with E-state index in [0.717, 1.165) is 38.0 Å². The Hall–Kier alpha value is -1.59. The van der Waals surface area contributed by atoms with Gasteiger partial charge in [-0.2, -0.15) is 0 Å². The summed E-state index contributed by atoms with van der Waals surface area (Å²) in [5.41, 5.74) is 8.73. The Morgan fingerprint density at radius 3 is 2.10 bits per heavy atom. The monoisotopic (exact) mass is 437 g/mol. The third-order valence-electron chi connectivity index (χ3n) is 5.81. The molecule has 2 N–H and O–H groups in total. The first-order valence-corrected chi connectivity index (χ1v) is 9.89. The highest BCUT2D eigenvalue weighted by molar-refractivity contribution is 5.85. The summed E-state index contributed by atoms with van der Waals surface area (Å²) < 4.78 is 0. The molecule has 1 saturated heterocycles. The number of halogens is 2. The van der Waals surface area contributed by atoms with Crippen molar-refractivity contribution in [2.45, 2.75) is 38.4 Å². The van der Waals surface area contributed by atoms with E-state index in [-0.39, 0.29) is 42.7 Å². The standard InChI is InChI=1S/C23H31N3O.2ClH/c1-18(22(24)20-11-7-4-8-12-20)23(27)25(2)21-13-15-26(16-14-21)17-19-9-5-3-6-10-19;;/h3-12,18,21-22H,13-17,24H2,1-2H3;2*1H. The molecule has 1 aliphatic rings. The van der Waals surface area contributed by atoms with Gasteiger partial charge in [0.15, 0.2) is 0 Å². The van der Waals surface area contributed by atoms with E-state index in [1.165, 1.54) is 5.56 Å². The molecule has 1 fully saturated rings. The SMILES string of the molecule is CC(C(=O)N(C)C1CCN(Cc2ccccc2)CC1)C(N)c1ccccc1.Cl.Cl. The van der Waals surface area contributed by atoms with Gasteiger partial charge in [-0.15, -0.1) is 24.8 Å². The van der Waals surface area contributed by atoms with Crippen LogP contribution in [0.25, 0.3) is 0 Å². The van der Waals surface area contributed by atoms with Crippen LogP contribution in [0.3, 0.4) is 0 Å². The molecule has 1 heterocycles. The van der Waals surface area contributed by atoms with Crippen LogP contribution in [0.2, 0.25) is 0 Å². The minimum atomic E-state index is -0.265. The third kappa shape index (κ3) is 6.71. The maximum Gasteiger partial charge on any atom is 0.227 e. The fourth-order valence-corrected chi connectivity index (χ4v) is 3.93. The number of hydrogen-bond acceptors (Lipinski definition) is 3. The molecule has 160 valence electrons. The van der Waals surface area contributed by atoms with Crippen molar-refractivity contribution in [3.63, 3.8) is 0 Å². The summed E-state index contributed by atoms with van der Waals surface area (Å²) in [6.07, 6.45) is 2.03. The highest BCUT2D eigenvalue weighted by Crippen LogP contribution is 2.24. The number of carbonyl (C=O) groups excluding carboxylic acids is 1. The number of hydrogen-bond donors (Lipinski definition) is 1. The van der Waals surface area contributed by atoms with Gasteiger partial charge in [-0.1, -0.05) is 67.6 Å². The van der Waals surface area contributed by atoms with Crippen LogP contribution in [0.15, 0.2) is 60.7 Å². The van der Waals surface area contributed by atoms with E-state index in [9.17, 15) is 4.79 Å². The van der Waals surface area contributed by atoms with Crippen LogP contribution < -0.4 is 5.73 Å². The Morgan fingerprint density at radius 1 is 1.03 bits per heavy atom. The van der Waals surface area contributed by atoms with E-state index in [1.54, 1.807) is 0 Å². The van der Waals surface area contributed by atoms with Gasteiger partial charge in [0.25, 0.3) is 0 Å². The van der Waals surface area contributed by atoms with Gasteiger partial charge in [-0.3, -0.25) is 9.69 Å². The molecule has 6 heteroatoms. The second-order valence-electron chi connectivity index (χ2n) is 7.67. The Bertz CT molecular complexity index is 721. The lowest BCUT2D eigenvalue weighted by molar-refractivity contribution is -0.137. The zero-order valence-corrected chi connectivity index (χ0v) is 18.9. The molecular formula is C23H33Cl2N3O. The Kier molecular flexibility index (Phi) is 10.7. The predicted molar refractivity (Wildman–Crippen MR) is 125 cm³/mol.